The van der Waals surface area contributed by atoms with Gasteiger partial charge < -0.3 is 0 Å². The van der Waals surface area contributed by atoms with Gasteiger partial charge in [0.25, 0.3) is 0 Å². The molecule has 0 fully saturated rings. The Morgan fingerprint density at radius 3 is 1.23 bits per heavy atom. The average molecular weight is 389 g/mol. The Kier molecular flexibility index (Phi) is 4.36. The number of rotatable bonds is 2. The van der Waals surface area contributed by atoms with Crippen LogP contribution in [0.15, 0.2) is 82.8 Å². The molecule has 0 bridgehead atoms. The second-order valence-corrected chi connectivity index (χ2v) is 8.11. The third-order valence-electron chi connectivity index (χ3n) is 5.97. The minimum absolute atomic E-state index is 0.960. The second-order valence-electron chi connectivity index (χ2n) is 8.11. The summed E-state index contributed by atoms with van der Waals surface area (Å²) in [6.07, 6.45) is 0. The van der Waals surface area contributed by atoms with Crippen LogP contribution in [-0.4, -0.2) is 11.4 Å². The predicted molar refractivity (Wildman–Crippen MR) is 128 cm³/mol. The first-order valence-corrected chi connectivity index (χ1v) is 10.4. The number of nitrogens with zero attached hydrogens (tertiary/aromatic N) is 2. The van der Waals surface area contributed by atoms with Gasteiger partial charge in [-0.1, -0.05) is 72.8 Å². The molecular formula is C28H24N2. The summed E-state index contributed by atoms with van der Waals surface area (Å²) in [7, 11) is 0. The van der Waals surface area contributed by atoms with Crippen LogP contribution in [0.1, 0.15) is 33.4 Å². The highest BCUT2D eigenvalue weighted by Gasteiger charge is 2.27. The molecule has 30 heavy (non-hydrogen) atoms. The Morgan fingerprint density at radius 2 is 0.833 bits per heavy atom. The Labute approximate surface area is 177 Å². The molecule has 146 valence electrons. The van der Waals surface area contributed by atoms with Gasteiger partial charge in [-0.2, -0.15) is 0 Å². The maximum Gasteiger partial charge on any atom is 0.0979 e. The van der Waals surface area contributed by atoms with Crippen molar-refractivity contribution in [1.82, 2.24) is 0 Å². The third-order valence-corrected chi connectivity index (χ3v) is 5.97. The first-order chi connectivity index (χ1) is 14.5. The van der Waals surface area contributed by atoms with Gasteiger partial charge in [-0.05, 0) is 55.3 Å². The molecule has 1 aliphatic carbocycles. The van der Waals surface area contributed by atoms with E-state index in [0.29, 0.717) is 0 Å². The molecule has 0 saturated carbocycles. The van der Waals surface area contributed by atoms with Crippen LogP contribution in [0.2, 0.25) is 0 Å². The van der Waals surface area contributed by atoms with E-state index in [1.807, 2.05) is 0 Å². The summed E-state index contributed by atoms with van der Waals surface area (Å²) in [6, 6.07) is 25.6. The van der Waals surface area contributed by atoms with Crippen molar-refractivity contribution in [2.24, 2.45) is 9.98 Å². The highest BCUT2D eigenvalue weighted by molar-refractivity contribution is 6.61. The van der Waals surface area contributed by atoms with Crippen LogP contribution in [0.4, 0.5) is 11.4 Å². The highest BCUT2D eigenvalue weighted by atomic mass is 14.8. The molecule has 0 unspecified atom stereocenters. The molecule has 0 N–H and O–H groups in total. The lowest BCUT2D eigenvalue weighted by molar-refractivity contribution is 1.32. The van der Waals surface area contributed by atoms with E-state index in [1.54, 1.807) is 0 Å². The van der Waals surface area contributed by atoms with Gasteiger partial charge in [0.1, 0.15) is 0 Å². The van der Waals surface area contributed by atoms with Crippen LogP contribution in [-0.2, 0) is 0 Å². The number of para-hydroxylation sites is 2. The molecule has 0 saturated heterocycles. The number of aryl methyl sites for hydroxylation is 4. The summed E-state index contributed by atoms with van der Waals surface area (Å²) in [4.78, 5) is 10.4. The Bertz CT molecular complexity index is 1230. The second kappa shape index (κ2) is 7.07. The van der Waals surface area contributed by atoms with Gasteiger partial charge in [-0.15, -0.1) is 0 Å². The minimum Gasteiger partial charge on any atom is -0.246 e. The van der Waals surface area contributed by atoms with E-state index >= 15 is 0 Å². The molecule has 0 aromatic heterocycles. The van der Waals surface area contributed by atoms with Crippen molar-refractivity contribution in [2.75, 3.05) is 0 Å². The lowest BCUT2D eigenvalue weighted by Gasteiger charge is -2.10. The molecule has 0 radical (unpaired) electrons. The SMILES string of the molecule is Cc1cccc(C)c1N=C1C(=Nc2c(C)cccc2C)c2cccc3cccc1c23. The van der Waals surface area contributed by atoms with E-state index in [1.165, 1.54) is 33.0 Å². The summed E-state index contributed by atoms with van der Waals surface area (Å²) in [5.74, 6) is 0. The van der Waals surface area contributed by atoms with Gasteiger partial charge in [0.05, 0.1) is 22.8 Å². The number of hydrogen-bond acceptors (Lipinski definition) is 2. The largest absolute Gasteiger partial charge is 0.246 e. The molecule has 4 aromatic carbocycles. The number of aliphatic imine (C=N–C) groups is 2. The van der Waals surface area contributed by atoms with E-state index in [4.69, 9.17) is 9.98 Å². The monoisotopic (exact) mass is 388 g/mol. The van der Waals surface area contributed by atoms with Crippen molar-refractivity contribution < 1.29 is 0 Å². The van der Waals surface area contributed by atoms with E-state index in [-0.39, 0.29) is 0 Å². The first-order valence-electron chi connectivity index (χ1n) is 10.4. The van der Waals surface area contributed by atoms with Gasteiger partial charge in [0.15, 0.2) is 0 Å². The van der Waals surface area contributed by atoms with Crippen LogP contribution in [0, 0.1) is 27.7 Å². The Morgan fingerprint density at radius 1 is 0.467 bits per heavy atom. The molecule has 2 nitrogen and oxygen atoms in total. The molecule has 0 atom stereocenters. The molecule has 4 aromatic rings. The Balaban J connectivity index is 1.85. The van der Waals surface area contributed by atoms with E-state index in [2.05, 4.69) is 100 Å². The minimum atomic E-state index is 0.960. The lowest BCUT2D eigenvalue weighted by atomic mass is 10.1. The van der Waals surface area contributed by atoms with E-state index in [0.717, 1.165) is 33.9 Å². The average Bonchev–Trinajstić information content (AvgIpc) is 3.02. The number of hydrogen-bond donors (Lipinski definition) is 0. The van der Waals surface area contributed by atoms with Crippen molar-refractivity contribution in [1.29, 1.82) is 0 Å². The topological polar surface area (TPSA) is 24.7 Å². The van der Waals surface area contributed by atoms with Crippen molar-refractivity contribution in [3.63, 3.8) is 0 Å². The van der Waals surface area contributed by atoms with Gasteiger partial charge in [-0.25, -0.2) is 9.98 Å². The zero-order valence-electron chi connectivity index (χ0n) is 17.8. The summed E-state index contributed by atoms with van der Waals surface area (Å²) in [6.45, 7) is 8.49. The summed E-state index contributed by atoms with van der Waals surface area (Å²) in [5, 5.41) is 2.47. The van der Waals surface area contributed by atoms with Crippen molar-refractivity contribution >= 4 is 33.6 Å². The Hall–Kier alpha value is -3.52. The molecule has 0 spiro atoms. The van der Waals surface area contributed by atoms with Crippen molar-refractivity contribution in [3.8, 4) is 0 Å². The zero-order chi connectivity index (χ0) is 20.8. The van der Waals surface area contributed by atoms with Crippen LogP contribution in [0.25, 0.3) is 10.8 Å². The van der Waals surface area contributed by atoms with Crippen LogP contribution in [0.5, 0.6) is 0 Å². The van der Waals surface area contributed by atoms with E-state index in [9.17, 15) is 0 Å². The molecule has 2 heteroatoms. The summed E-state index contributed by atoms with van der Waals surface area (Å²) >= 11 is 0. The maximum absolute atomic E-state index is 5.22. The van der Waals surface area contributed by atoms with Gasteiger partial charge in [-0.3, -0.25) is 0 Å². The van der Waals surface area contributed by atoms with Crippen LogP contribution >= 0.6 is 0 Å². The smallest absolute Gasteiger partial charge is 0.0979 e. The molecule has 0 aliphatic heterocycles. The standard InChI is InChI=1S/C28H24N2/c1-17-9-5-10-18(2)25(17)29-27-22-15-7-13-21-14-8-16-23(24(21)22)28(27)30-26-19(3)11-6-12-20(26)4/h5-16H,1-4H3. The fraction of sp³-hybridized carbons (Fsp3) is 0.143. The van der Waals surface area contributed by atoms with Gasteiger partial charge >= 0.3 is 0 Å². The van der Waals surface area contributed by atoms with E-state index < -0.39 is 0 Å². The summed E-state index contributed by atoms with van der Waals surface area (Å²) in [5.41, 5.74) is 11.0. The molecule has 5 rings (SSSR count). The van der Waals surface area contributed by atoms with Crippen LogP contribution < -0.4 is 0 Å². The maximum atomic E-state index is 5.22. The van der Waals surface area contributed by atoms with Crippen molar-refractivity contribution in [3.05, 3.63) is 106 Å². The molecular weight excluding hydrogens is 364 g/mol. The number of benzene rings is 4. The van der Waals surface area contributed by atoms with Crippen LogP contribution in [0.3, 0.4) is 0 Å². The quantitative estimate of drug-likeness (QED) is 0.343. The predicted octanol–water partition coefficient (Wildman–Crippen LogP) is 7.33. The lowest BCUT2D eigenvalue weighted by Crippen LogP contribution is -2.10. The van der Waals surface area contributed by atoms with Crippen molar-refractivity contribution in [2.45, 2.75) is 27.7 Å². The third kappa shape index (κ3) is 2.88. The highest BCUT2D eigenvalue weighted by Crippen LogP contribution is 2.36. The first kappa shape index (κ1) is 18.5. The van der Waals surface area contributed by atoms with Gasteiger partial charge in [0.2, 0.25) is 0 Å². The fourth-order valence-electron chi connectivity index (χ4n) is 4.40. The molecule has 0 amide bonds. The zero-order valence-corrected chi connectivity index (χ0v) is 17.8. The molecule has 1 aliphatic rings. The normalized spacial score (nSPS) is 15.5. The fourth-order valence-corrected chi connectivity index (χ4v) is 4.40. The van der Waals surface area contributed by atoms with Gasteiger partial charge in [0, 0.05) is 16.5 Å². The summed E-state index contributed by atoms with van der Waals surface area (Å²) < 4.78 is 0. The molecule has 0 heterocycles.